The molecule has 13 heteroatoms. The summed E-state index contributed by atoms with van der Waals surface area (Å²) in [5.41, 5.74) is -4.01. The van der Waals surface area contributed by atoms with Gasteiger partial charge in [0.2, 0.25) is 15.9 Å². The first-order chi connectivity index (χ1) is 13.6. The van der Waals surface area contributed by atoms with Crippen LogP contribution in [0.15, 0.2) is 47.4 Å². The van der Waals surface area contributed by atoms with Crippen molar-refractivity contribution < 1.29 is 39.6 Å². The van der Waals surface area contributed by atoms with Crippen LogP contribution < -0.4 is 5.32 Å². The summed E-state index contributed by atoms with van der Waals surface area (Å²) < 4.78 is 103. The van der Waals surface area contributed by atoms with E-state index in [1.165, 1.54) is 24.3 Å². The molecule has 0 atom stereocenters. The average Bonchev–Trinajstić information content (AvgIpc) is 2.60. The van der Waals surface area contributed by atoms with E-state index in [4.69, 9.17) is 11.6 Å². The van der Waals surface area contributed by atoms with Gasteiger partial charge >= 0.3 is 12.4 Å². The summed E-state index contributed by atoms with van der Waals surface area (Å²) in [5, 5.41) is 2.13. The first-order valence-corrected chi connectivity index (χ1v) is 9.74. The number of nitrogens with one attached hydrogen (secondary N) is 1. The second-order valence-corrected chi connectivity index (χ2v) is 8.54. The molecule has 2 aromatic carbocycles. The molecule has 0 bridgehead atoms. The Labute approximate surface area is 172 Å². The van der Waals surface area contributed by atoms with E-state index in [1.54, 1.807) is 0 Å². The van der Waals surface area contributed by atoms with Crippen LogP contribution in [0, 0.1) is 0 Å². The number of alkyl halides is 6. The zero-order chi connectivity index (χ0) is 22.9. The molecule has 1 N–H and O–H groups in total. The number of halogens is 7. The summed E-state index contributed by atoms with van der Waals surface area (Å²) >= 11 is 5.67. The van der Waals surface area contributed by atoms with Gasteiger partial charge in [0.15, 0.2) is 0 Å². The van der Waals surface area contributed by atoms with Gasteiger partial charge in [0.25, 0.3) is 0 Å². The highest BCUT2D eigenvalue weighted by Crippen LogP contribution is 2.37. The molecule has 0 aliphatic rings. The van der Waals surface area contributed by atoms with E-state index in [1.807, 2.05) is 5.32 Å². The van der Waals surface area contributed by atoms with E-state index in [9.17, 15) is 39.6 Å². The lowest BCUT2D eigenvalue weighted by molar-refractivity contribution is -0.143. The minimum atomic E-state index is -5.09. The quantitative estimate of drug-likeness (QED) is 0.642. The Morgan fingerprint density at radius 2 is 1.43 bits per heavy atom. The highest BCUT2D eigenvalue weighted by atomic mass is 35.5. The molecule has 0 radical (unpaired) electrons. The van der Waals surface area contributed by atoms with E-state index in [2.05, 4.69) is 0 Å². The summed E-state index contributed by atoms with van der Waals surface area (Å²) in [7, 11) is -3.13. The molecule has 0 heterocycles. The Bertz CT molecular complexity index is 1000. The topological polar surface area (TPSA) is 66.5 Å². The number of hydrogen-bond acceptors (Lipinski definition) is 3. The maximum absolute atomic E-state index is 12.9. The van der Waals surface area contributed by atoms with Crippen LogP contribution in [0.1, 0.15) is 11.1 Å². The van der Waals surface area contributed by atoms with Gasteiger partial charge in [0.1, 0.15) is 0 Å². The summed E-state index contributed by atoms with van der Waals surface area (Å²) in [6.07, 6.45) is -10.2. The first-order valence-electron chi connectivity index (χ1n) is 7.92. The predicted molar refractivity (Wildman–Crippen MR) is 96.3 cm³/mol. The van der Waals surface area contributed by atoms with Crippen molar-refractivity contribution in [3.63, 3.8) is 0 Å². The van der Waals surface area contributed by atoms with Crippen molar-refractivity contribution in [3.8, 4) is 0 Å². The van der Waals surface area contributed by atoms with Crippen LogP contribution in [0.25, 0.3) is 0 Å². The van der Waals surface area contributed by atoms with Crippen LogP contribution >= 0.6 is 11.6 Å². The Kier molecular flexibility index (Phi) is 6.74. The van der Waals surface area contributed by atoms with Gasteiger partial charge in [-0.15, -0.1) is 0 Å². The normalized spacial score (nSPS) is 12.8. The lowest BCUT2D eigenvalue weighted by atomic mass is 10.1. The number of likely N-dealkylation sites (N-methyl/N-ethyl adjacent to an activating group) is 1. The van der Waals surface area contributed by atoms with Gasteiger partial charge in [0.05, 0.1) is 22.6 Å². The number of rotatable bonds is 5. The largest absolute Gasteiger partial charge is 0.416 e. The minimum absolute atomic E-state index is 0.0905. The van der Waals surface area contributed by atoms with E-state index < -0.39 is 51.6 Å². The fraction of sp³-hybridized carbons (Fsp3) is 0.235. The smallest absolute Gasteiger partial charge is 0.325 e. The van der Waals surface area contributed by atoms with Crippen LogP contribution in [0.4, 0.5) is 32.0 Å². The molecule has 0 saturated carbocycles. The second-order valence-electron chi connectivity index (χ2n) is 6.06. The maximum Gasteiger partial charge on any atom is 0.416 e. The highest BCUT2D eigenvalue weighted by molar-refractivity contribution is 7.89. The van der Waals surface area contributed by atoms with Crippen molar-refractivity contribution in [2.24, 2.45) is 0 Å². The molecule has 0 aromatic heterocycles. The van der Waals surface area contributed by atoms with E-state index >= 15 is 0 Å². The molecule has 2 aromatic rings. The van der Waals surface area contributed by atoms with Gasteiger partial charge in [-0.2, -0.15) is 30.6 Å². The Hall–Kier alpha value is -2.31. The molecule has 164 valence electrons. The number of carbonyl (C=O) groups excluding carboxylic acids is 1. The van der Waals surface area contributed by atoms with E-state index in [-0.39, 0.29) is 16.0 Å². The zero-order valence-corrected chi connectivity index (χ0v) is 16.5. The molecule has 30 heavy (non-hydrogen) atoms. The minimum Gasteiger partial charge on any atom is -0.325 e. The predicted octanol–water partition coefficient (Wildman–Crippen LogP) is 4.64. The lowest BCUT2D eigenvalue weighted by Crippen LogP contribution is -2.35. The zero-order valence-electron chi connectivity index (χ0n) is 15.0. The standard InChI is InChI=1S/C17H13ClF6N2O3S/c1-26(30(28,29)14-4-2-12(18)3-5-14)9-15(27)25-13-7-10(16(19,20)21)6-11(8-13)17(22,23)24/h2-8H,9H2,1H3,(H,25,27). The average molecular weight is 475 g/mol. The number of benzene rings is 2. The number of sulfonamides is 1. The summed E-state index contributed by atoms with van der Waals surface area (Å²) in [6, 6.07) is 5.49. The van der Waals surface area contributed by atoms with Gasteiger partial charge < -0.3 is 5.32 Å². The van der Waals surface area contributed by atoms with Gasteiger partial charge in [-0.05, 0) is 42.5 Å². The van der Waals surface area contributed by atoms with E-state index in [0.29, 0.717) is 16.4 Å². The van der Waals surface area contributed by atoms with Crippen molar-refractivity contribution in [2.45, 2.75) is 17.2 Å². The van der Waals surface area contributed by atoms with Gasteiger partial charge in [-0.3, -0.25) is 4.79 Å². The van der Waals surface area contributed by atoms with E-state index in [0.717, 1.165) is 7.05 Å². The molecular formula is C17H13ClF6N2O3S. The van der Waals surface area contributed by atoms with Gasteiger partial charge in [0, 0.05) is 17.8 Å². The van der Waals surface area contributed by atoms with Crippen LogP contribution in [-0.2, 0) is 27.2 Å². The third-order valence-corrected chi connectivity index (χ3v) is 5.83. The monoisotopic (exact) mass is 474 g/mol. The number of anilines is 1. The van der Waals surface area contributed by atoms with Gasteiger partial charge in [-0.1, -0.05) is 11.6 Å². The van der Waals surface area contributed by atoms with Crippen molar-refractivity contribution in [2.75, 3.05) is 18.9 Å². The maximum atomic E-state index is 12.9. The summed E-state index contributed by atoms with van der Waals surface area (Å²) in [5.74, 6) is -1.14. The number of hydrogen-bond donors (Lipinski definition) is 1. The SMILES string of the molecule is CN(CC(=O)Nc1cc(C(F)(F)F)cc(C(F)(F)F)c1)S(=O)(=O)c1ccc(Cl)cc1. The fourth-order valence-electron chi connectivity index (χ4n) is 2.30. The number of nitrogens with zero attached hydrogens (tertiary/aromatic N) is 1. The molecule has 5 nitrogen and oxygen atoms in total. The second kappa shape index (κ2) is 8.44. The Balaban J connectivity index is 2.24. The third-order valence-electron chi connectivity index (χ3n) is 3.76. The molecule has 0 fully saturated rings. The molecule has 0 saturated heterocycles. The Morgan fingerprint density at radius 3 is 1.87 bits per heavy atom. The molecular weight excluding hydrogens is 462 g/mol. The van der Waals surface area contributed by atoms with Crippen molar-refractivity contribution in [1.82, 2.24) is 4.31 Å². The summed E-state index contributed by atoms with van der Waals surface area (Å²) in [6.45, 7) is -0.859. The molecule has 2 rings (SSSR count). The molecule has 1 amide bonds. The summed E-state index contributed by atoms with van der Waals surface area (Å²) in [4.78, 5) is 11.9. The molecule has 0 spiro atoms. The molecule has 0 aliphatic carbocycles. The molecule has 0 aliphatic heterocycles. The highest BCUT2D eigenvalue weighted by Gasteiger charge is 2.37. The lowest BCUT2D eigenvalue weighted by Gasteiger charge is -2.18. The van der Waals surface area contributed by atoms with Crippen molar-refractivity contribution >= 4 is 33.2 Å². The van der Waals surface area contributed by atoms with Crippen LogP contribution in [0.5, 0.6) is 0 Å². The number of amides is 1. The van der Waals surface area contributed by atoms with Crippen LogP contribution in [0.3, 0.4) is 0 Å². The van der Waals surface area contributed by atoms with Crippen LogP contribution in [0.2, 0.25) is 5.02 Å². The number of carbonyl (C=O) groups is 1. The third kappa shape index (κ3) is 5.86. The fourth-order valence-corrected chi connectivity index (χ4v) is 3.55. The first kappa shape index (κ1) is 24.0. The van der Waals surface area contributed by atoms with Crippen molar-refractivity contribution in [3.05, 3.63) is 58.6 Å². The van der Waals surface area contributed by atoms with Crippen molar-refractivity contribution in [1.29, 1.82) is 0 Å². The van der Waals surface area contributed by atoms with Crippen LogP contribution in [-0.4, -0.2) is 32.2 Å². The molecule has 0 unspecified atom stereocenters. The Morgan fingerprint density at radius 1 is 0.967 bits per heavy atom. The van der Waals surface area contributed by atoms with Gasteiger partial charge in [-0.25, -0.2) is 8.42 Å².